The Hall–Kier alpha value is -1.81. The first-order valence-electron chi connectivity index (χ1n) is 6.01. The average Bonchev–Trinajstić information content (AvgIpc) is 2.43. The van der Waals surface area contributed by atoms with Crippen LogP contribution < -0.4 is 15.2 Å². The maximum absolute atomic E-state index is 5.52. The molecule has 4 nitrogen and oxygen atoms in total. The van der Waals surface area contributed by atoms with Crippen molar-refractivity contribution in [1.82, 2.24) is 4.98 Å². The van der Waals surface area contributed by atoms with Crippen molar-refractivity contribution in [3.05, 3.63) is 30.0 Å². The topological polar surface area (TPSA) is 57.4 Å². The molecule has 0 aliphatic rings. The molecule has 0 unspecified atom stereocenters. The molecule has 0 aliphatic carbocycles. The lowest BCUT2D eigenvalue weighted by Crippen LogP contribution is -2.02. The van der Waals surface area contributed by atoms with Gasteiger partial charge in [-0.1, -0.05) is 0 Å². The zero-order valence-electron chi connectivity index (χ0n) is 10.8. The zero-order chi connectivity index (χ0) is 13.0. The summed E-state index contributed by atoms with van der Waals surface area (Å²) in [5, 5.41) is 0.966. The number of nitrogens with zero attached hydrogens (tertiary/aromatic N) is 1. The molecule has 2 rings (SSSR count). The second-order valence-electron chi connectivity index (χ2n) is 4.06. The predicted molar refractivity (Wildman–Crippen MR) is 72.2 cm³/mol. The Morgan fingerprint density at radius 3 is 2.44 bits per heavy atom. The van der Waals surface area contributed by atoms with Crippen molar-refractivity contribution in [2.24, 2.45) is 5.73 Å². The average molecular weight is 246 g/mol. The number of ether oxygens (including phenoxy) is 2. The Balaban J connectivity index is 2.52. The Morgan fingerprint density at radius 1 is 1.06 bits per heavy atom. The number of aryl methyl sites for hydroxylation is 1. The molecule has 0 radical (unpaired) electrons. The fourth-order valence-electron chi connectivity index (χ4n) is 1.97. The summed E-state index contributed by atoms with van der Waals surface area (Å²) in [5.41, 5.74) is 7.38. The molecular weight excluding hydrogens is 228 g/mol. The van der Waals surface area contributed by atoms with Crippen LogP contribution in [-0.2, 0) is 6.42 Å². The van der Waals surface area contributed by atoms with Crippen molar-refractivity contribution >= 4 is 10.9 Å². The first-order valence-corrected chi connectivity index (χ1v) is 6.01. The summed E-state index contributed by atoms with van der Waals surface area (Å²) in [6.45, 7) is 0.676. The molecule has 1 aromatic carbocycles. The van der Waals surface area contributed by atoms with E-state index in [1.807, 2.05) is 24.3 Å². The number of aromatic nitrogens is 1. The lowest BCUT2D eigenvalue weighted by molar-refractivity contribution is 0.409. The molecule has 0 amide bonds. The van der Waals surface area contributed by atoms with E-state index in [9.17, 15) is 0 Å². The van der Waals surface area contributed by atoms with Crippen LogP contribution in [0.4, 0.5) is 0 Å². The van der Waals surface area contributed by atoms with Gasteiger partial charge >= 0.3 is 0 Å². The minimum absolute atomic E-state index is 0.676. The molecule has 0 saturated heterocycles. The van der Waals surface area contributed by atoms with E-state index in [0.717, 1.165) is 40.9 Å². The highest BCUT2D eigenvalue weighted by Gasteiger charge is 2.09. The molecule has 0 fully saturated rings. The van der Waals surface area contributed by atoms with E-state index in [4.69, 9.17) is 15.2 Å². The van der Waals surface area contributed by atoms with Crippen molar-refractivity contribution in [2.75, 3.05) is 20.8 Å². The van der Waals surface area contributed by atoms with E-state index in [1.54, 1.807) is 14.2 Å². The van der Waals surface area contributed by atoms with Gasteiger partial charge in [0.2, 0.25) is 0 Å². The molecule has 1 aromatic heterocycles. The van der Waals surface area contributed by atoms with Gasteiger partial charge in [0, 0.05) is 11.1 Å². The standard InChI is InChI=1S/C14H18N2O2/c1-17-12-7-8-13(18-2)14-11(12)6-5-10(16-14)4-3-9-15/h5-8H,3-4,9,15H2,1-2H3. The fraction of sp³-hybridized carbons (Fsp3) is 0.357. The van der Waals surface area contributed by atoms with Crippen LogP contribution in [0, 0.1) is 0 Å². The number of fused-ring (bicyclic) bond motifs is 1. The minimum atomic E-state index is 0.676. The summed E-state index contributed by atoms with van der Waals surface area (Å²) in [6, 6.07) is 7.80. The van der Waals surface area contributed by atoms with Crippen molar-refractivity contribution in [2.45, 2.75) is 12.8 Å². The Bertz CT molecular complexity index is 541. The van der Waals surface area contributed by atoms with Crippen LogP contribution in [0.3, 0.4) is 0 Å². The van der Waals surface area contributed by atoms with Gasteiger partial charge in [0.15, 0.2) is 0 Å². The molecule has 96 valence electrons. The van der Waals surface area contributed by atoms with Crippen molar-refractivity contribution in [3.63, 3.8) is 0 Å². The van der Waals surface area contributed by atoms with Gasteiger partial charge in [0.1, 0.15) is 17.0 Å². The summed E-state index contributed by atoms with van der Waals surface area (Å²) in [4.78, 5) is 4.63. The quantitative estimate of drug-likeness (QED) is 0.878. The molecule has 0 spiro atoms. The largest absolute Gasteiger partial charge is 0.496 e. The summed E-state index contributed by atoms with van der Waals surface area (Å²) in [5.74, 6) is 1.57. The van der Waals surface area contributed by atoms with Gasteiger partial charge in [-0.05, 0) is 43.7 Å². The second kappa shape index (κ2) is 5.69. The fourth-order valence-corrected chi connectivity index (χ4v) is 1.97. The first kappa shape index (κ1) is 12.6. The number of hydrogen-bond acceptors (Lipinski definition) is 4. The van der Waals surface area contributed by atoms with Crippen LogP contribution in [0.2, 0.25) is 0 Å². The zero-order valence-corrected chi connectivity index (χ0v) is 10.8. The van der Waals surface area contributed by atoms with Crippen molar-refractivity contribution < 1.29 is 9.47 Å². The van der Waals surface area contributed by atoms with Gasteiger partial charge in [0.25, 0.3) is 0 Å². The van der Waals surface area contributed by atoms with Crippen LogP contribution in [0.15, 0.2) is 24.3 Å². The number of hydrogen-bond donors (Lipinski definition) is 1. The smallest absolute Gasteiger partial charge is 0.145 e. The van der Waals surface area contributed by atoms with E-state index in [-0.39, 0.29) is 0 Å². The van der Waals surface area contributed by atoms with Gasteiger partial charge in [0.05, 0.1) is 14.2 Å². The van der Waals surface area contributed by atoms with Crippen LogP contribution in [0.25, 0.3) is 10.9 Å². The lowest BCUT2D eigenvalue weighted by atomic mass is 10.1. The van der Waals surface area contributed by atoms with Gasteiger partial charge in [-0.3, -0.25) is 0 Å². The normalized spacial score (nSPS) is 10.6. The van der Waals surface area contributed by atoms with Gasteiger partial charge < -0.3 is 15.2 Å². The van der Waals surface area contributed by atoms with Crippen LogP contribution in [0.5, 0.6) is 11.5 Å². The van der Waals surface area contributed by atoms with E-state index in [0.29, 0.717) is 6.54 Å². The molecule has 0 aliphatic heterocycles. The Labute approximate surface area is 107 Å². The monoisotopic (exact) mass is 246 g/mol. The van der Waals surface area contributed by atoms with Gasteiger partial charge in [-0.2, -0.15) is 0 Å². The number of rotatable bonds is 5. The molecule has 0 bridgehead atoms. The third-order valence-electron chi connectivity index (χ3n) is 2.91. The summed E-state index contributed by atoms with van der Waals surface area (Å²) >= 11 is 0. The molecule has 4 heteroatoms. The summed E-state index contributed by atoms with van der Waals surface area (Å²) in [6.07, 6.45) is 1.82. The van der Waals surface area contributed by atoms with E-state index < -0.39 is 0 Å². The Morgan fingerprint density at radius 2 is 1.78 bits per heavy atom. The van der Waals surface area contributed by atoms with Crippen molar-refractivity contribution in [1.29, 1.82) is 0 Å². The molecule has 0 saturated carbocycles. The van der Waals surface area contributed by atoms with Gasteiger partial charge in [-0.15, -0.1) is 0 Å². The predicted octanol–water partition coefficient (Wildman–Crippen LogP) is 2.14. The summed E-state index contributed by atoms with van der Waals surface area (Å²) < 4.78 is 10.7. The van der Waals surface area contributed by atoms with Gasteiger partial charge in [-0.25, -0.2) is 4.98 Å². The number of methoxy groups -OCH3 is 2. The summed E-state index contributed by atoms with van der Waals surface area (Å²) in [7, 11) is 3.30. The highest BCUT2D eigenvalue weighted by Crippen LogP contribution is 2.31. The highest BCUT2D eigenvalue weighted by atomic mass is 16.5. The van der Waals surface area contributed by atoms with Crippen molar-refractivity contribution in [3.8, 4) is 11.5 Å². The minimum Gasteiger partial charge on any atom is -0.496 e. The number of nitrogens with two attached hydrogens (primary N) is 1. The van der Waals surface area contributed by atoms with Crippen LogP contribution in [-0.4, -0.2) is 25.7 Å². The third-order valence-corrected chi connectivity index (χ3v) is 2.91. The molecular formula is C14H18N2O2. The molecule has 2 aromatic rings. The number of pyridine rings is 1. The third kappa shape index (κ3) is 2.38. The van der Waals surface area contributed by atoms with E-state index in [2.05, 4.69) is 4.98 Å². The maximum atomic E-state index is 5.52. The molecule has 2 N–H and O–H groups in total. The van der Waals surface area contributed by atoms with Crippen LogP contribution in [0.1, 0.15) is 12.1 Å². The second-order valence-corrected chi connectivity index (χ2v) is 4.06. The SMILES string of the molecule is COc1ccc(OC)c2nc(CCCN)ccc12. The molecule has 1 heterocycles. The van der Waals surface area contributed by atoms with E-state index in [1.165, 1.54) is 0 Å². The Kier molecular flexibility index (Phi) is 3.99. The number of benzene rings is 1. The lowest BCUT2D eigenvalue weighted by Gasteiger charge is -2.10. The molecule has 0 atom stereocenters. The van der Waals surface area contributed by atoms with Crippen LogP contribution >= 0.6 is 0 Å². The highest BCUT2D eigenvalue weighted by molar-refractivity contribution is 5.90. The molecule has 18 heavy (non-hydrogen) atoms. The first-order chi connectivity index (χ1) is 8.80. The maximum Gasteiger partial charge on any atom is 0.145 e. The van der Waals surface area contributed by atoms with E-state index >= 15 is 0 Å².